The van der Waals surface area contributed by atoms with Gasteiger partial charge in [-0.05, 0) is 45.0 Å². The maximum atomic E-state index is 11.5. The van der Waals surface area contributed by atoms with Gasteiger partial charge in [0.1, 0.15) is 5.75 Å². The fraction of sp³-hybridized carbons (Fsp3) is 0.500. The van der Waals surface area contributed by atoms with Gasteiger partial charge in [0.2, 0.25) is 5.91 Å². The van der Waals surface area contributed by atoms with Crippen molar-refractivity contribution in [2.45, 2.75) is 26.3 Å². The van der Waals surface area contributed by atoms with Crippen LogP contribution in [0.1, 0.15) is 19.4 Å². The van der Waals surface area contributed by atoms with Gasteiger partial charge in [-0.25, -0.2) is 0 Å². The molecule has 0 saturated carbocycles. The normalized spacial score (nSPS) is 12.4. The van der Waals surface area contributed by atoms with Crippen molar-refractivity contribution in [1.29, 1.82) is 0 Å². The zero-order chi connectivity index (χ0) is 13.5. The summed E-state index contributed by atoms with van der Waals surface area (Å²) in [5.41, 5.74) is 1.16. The van der Waals surface area contributed by atoms with E-state index in [9.17, 15) is 9.90 Å². The molecular weight excluding hydrogens is 228 g/mol. The van der Waals surface area contributed by atoms with Gasteiger partial charge in [0.15, 0.2) is 0 Å². The molecule has 0 heterocycles. The number of aromatic hydroxyl groups is 1. The van der Waals surface area contributed by atoms with Crippen molar-refractivity contribution in [2.24, 2.45) is 0 Å². The Hall–Kier alpha value is -1.55. The average Bonchev–Trinajstić information content (AvgIpc) is 2.32. The van der Waals surface area contributed by atoms with Gasteiger partial charge >= 0.3 is 0 Å². The minimum absolute atomic E-state index is 0.0533. The molecule has 2 N–H and O–H groups in total. The van der Waals surface area contributed by atoms with Gasteiger partial charge in [-0.2, -0.15) is 0 Å². The lowest BCUT2D eigenvalue weighted by molar-refractivity contribution is -0.122. The molecule has 0 radical (unpaired) electrons. The predicted octanol–water partition coefficient (Wildman–Crippen LogP) is 1.39. The highest BCUT2D eigenvalue weighted by molar-refractivity contribution is 5.77. The Morgan fingerprint density at radius 2 is 2.00 bits per heavy atom. The van der Waals surface area contributed by atoms with Gasteiger partial charge < -0.3 is 10.4 Å². The molecule has 0 saturated heterocycles. The molecule has 1 aromatic carbocycles. The summed E-state index contributed by atoms with van der Waals surface area (Å²) < 4.78 is 0. The SMILES string of the molecule is CCNC(=O)CN(C)C(C)Cc1ccc(O)cc1. The number of carbonyl (C=O) groups is 1. The van der Waals surface area contributed by atoms with Crippen LogP contribution >= 0.6 is 0 Å². The van der Waals surface area contributed by atoms with Crippen molar-refractivity contribution >= 4 is 5.91 Å². The number of likely N-dealkylation sites (N-methyl/N-ethyl adjacent to an activating group) is 2. The van der Waals surface area contributed by atoms with E-state index in [0.717, 1.165) is 12.0 Å². The van der Waals surface area contributed by atoms with E-state index in [4.69, 9.17) is 0 Å². The fourth-order valence-corrected chi connectivity index (χ4v) is 1.76. The van der Waals surface area contributed by atoms with Gasteiger partial charge in [0.25, 0.3) is 0 Å². The van der Waals surface area contributed by atoms with Crippen LogP contribution < -0.4 is 5.32 Å². The standard InChI is InChI=1S/C14H22N2O2/c1-4-15-14(18)10-16(3)11(2)9-12-5-7-13(17)8-6-12/h5-8,11,17H,4,9-10H2,1-3H3,(H,15,18). The van der Waals surface area contributed by atoms with E-state index in [-0.39, 0.29) is 17.7 Å². The lowest BCUT2D eigenvalue weighted by Gasteiger charge is -2.24. The summed E-state index contributed by atoms with van der Waals surface area (Å²) in [6.07, 6.45) is 0.857. The largest absolute Gasteiger partial charge is 0.508 e. The third-order valence-electron chi connectivity index (χ3n) is 2.99. The maximum Gasteiger partial charge on any atom is 0.234 e. The summed E-state index contributed by atoms with van der Waals surface area (Å²) in [4.78, 5) is 13.5. The van der Waals surface area contributed by atoms with Crippen LogP contribution in [0.5, 0.6) is 5.75 Å². The fourth-order valence-electron chi connectivity index (χ4n) is 1.76. The first kappa shape index (κ1) is 14.5. The first-order valence-corrected chi connectivity index (χ1v) is 6.27. The van der Waals surface area contributed by atoms with Crippen molar-refractivity contribution in [3.05, 3.63) is 29.8 Å². The second kappa shape index (κ2) is 7.01. The molecule has 1 rings (SSSR count). The minimum atomic E-state index is 0.0533. The second-order valence-corrected chi connectivity index (χ2v) is 4.59. The molecule has 100 valence electrons. The van der Waals surface area contributed by atoms with Crippen LogP contribution in [0.2, 0.25) is 0 Å². The van der Waals surface area contributed by atoms with E-state index in [2.05, 4.69) is 12.2 Å². The molecule has 0 aromatic heterocycles. The van der Waals surface area contributed by atoms with Crippen LogP contribution in [0.4, 0.5) is 0 Å². The summed E-state index contributed by atoms with van der Waals surface area (Å²) in [6.45, 7) is 5.08. The number of nitrogens with zero attached hydrogens (tertiary/aromatic N) is 1. The quantitative estimate of drug-likeness (QED) is 0.802. The summed E-state index contributed by atoms with van der Waals surface area (Å²) >= 11 is 0. The Bertz CT molecular complexity index is 376. The lowest BCUT2D eigenvalue weighted by atomic mass is 10.1. The molecule has 0 aliphatic heterocycles. The van der Waals surface area contributed by atoms with Crippen LogP contribution in [0.3, 0.4) is 0 Å². The number of hydrogen-bond acceptors (Lipinski definition) is 3. The molecule has 0 bridgehead atoms. The number of amides is 1. The van der Waals surface area contributed by atoms with Crippen molar-refractivity contribution in [2.75, 3.05) is 20.1 Å². The van der Waals surface area contributed by atoms with Crippen LogP contribution in [0.15, 0.2) is 24.3 Å². The molecule has 1 atom stereocenters. The molecule has 18 heavy (non-hydrogen) atoms. The van der Waals surface area contributed by atoms with Gasteiger partial charge in [-0.15, -0.1) is 0 Å². The highest BCUT2D eigenvalue weighted by Crippen LogP contribution is 2.12. The number of rotatable bonds is 6. The Kier molecular flexibility index (Phi) is 5.65. The van der Waals surface area contributed by atoms with Crippen molar-refractivity contribution < 1.29 is 9.90 Å². The molecule has 0 aliphatic carbocycles. The summed E-state index contributed by atoms with van der Waals surface area (Å²) in [5.74, 6) is 0.333. The summed E-state index contributed by atoms with van der Waals surface area (Å²) in [6, 6.07) is 7.46. The molecule has 4 nitrogen and oxygen atoms in total. The van der Waals surface area contributed by atoms with Gasteiger partial charge in [-0.1, -0.05) is 12.1 Å². The smallest absolute Gasteiger partial charge is 0.234 e. The molecular formula is C14H22N2O2. The average molecular weight is 250 g/mol. The Morgan fingerprint density at radius 1 is 1.39 bits per heavy atom. The summed E-state index contributed by atoms with van der Waals surface area (Å²) in [5, 5.41) is 12.0. The van der Waals surface area contributed by atoms with Gasteiger partial charge in [-0.3, -0.25) is 9.69 Å². The van der Waals surface area contributed by atoms with E-state index in [1.165, 1.54) is 0 Å². The minimum Gasteiger partial charge on any atom is -0.508 e. The third kappa shape index (κ3) is 4.75. The van der Waals surface area contributed by atoms with E-state index in [1.54, 1.807) is 12.1 Å². The number of hydrogen-bond donors (Lipinski definition) is 2. The Morgan fingerprint density at radius 3 is 2.56 bits per heavy atom. The molecule has 1 amide bonds. The molecule has 0 spiro atoms. The van der Waals surface area contributed by atoms with Crippen LogP contribution in [-0.2, 0) is 11.2 Å². The van der Waals surface area contributed by atoms with Crippen LogP contribution in [-0.4, -0.2) is 42.1 Å². The van der Waals surface area contributed by atoms with E-state index >= 15 is 0 Å². The number of carbonyl (C=O) groups excluding carboxylic acids is 1. The summed E-state index contributed by atoms with van der Waals surface area (Å²) in [7, 11) is 1.94. The van der Waals surface area contributed by atoms with Gasteiger partial charge in [0, 0.05) is 12.6 Å². The molecule has 1 aromatic rings. The number of phenols is 1. The third-order valence-corrected chi connectivity index (χ3v) is 2.99. The molecule has 1 unspecified atom stereocenters. The van der Waals surface area contributed by atoms with Crippen LogP contribution in [0.25, 0.3) is 0 Å². The zero-order valence-corrected chi connectivity index (χ0v) is 11.3. The van der Waals surface area contributed by atoms with Crippen LogP contribution in [0, 0.1) is 0 Å². The highest BCUT2D eigenvalue weighted by atomic mass is 16.3. The van der Waals surface area contributed by atoms with E-state index in [1.807, 2.05) is 31.0 Å². The first-order valence-electron chi connectivity index (χ1n) is 6.27. The Balaban J connectivity index is 2.46. The first-order chi connectivity index (χ1) is 8.52. The predicted molar refractivity (Wildman–Crippen MR) is 72.6 cm³/mol. The number of nitrogens with one attached hydrogen (secondary N) is 1. The topological polar surface area (TPSA) is 52.6 Å². The van der Waals surface area contributed by atoms with E-state index in [0.29, 0.717) is 13.1 Å². The molecule has 0 aliphatic rings. The van der Waals surface area contributed by atoms with E-state index < -0.39 is 0 Å². The molecule has 0 fully saturated rings. The van der Waals surface area contributed by atoms with Crippen molar-refractivity contribution in [3.63, 3.8) is 0 Å². The second-order valence-electron chi connectivity index (χ2n) is 4.59. The number of phenolic OH excluding ortho intramolecular Hbond substituents is 1. The zero-order valence-electron chi connectivity index (χ0n) is 11.3. The van der Waals surface area contributed by atoms with Crippen molar-refractivity contribution in [1.82, 2.24) is 10.2 Å². The lowest BCUT2D eigenvalue weighted by Crippen LogP contribution is -2.40. The van der Waals surface area contributed by atoms with Crippen molar-refractivity contribution in [3.8, 4) is 5.75 Å². The van der Waals surface area contributed by atoms with Gasteiger partial charge in [0.05, 0.1) is 6.54 Å². The highest BCUT2D eigenvalue weighted by Gasteiger charge is 2.13. The maximum absolute atomic E-state index is 11.5. The Labute approximate surface area is 109 Å². The number of benzene rings is 1. The monoisotopic (exact) mass is 250 g/mol. The molecule has 4 heteroatoms.